The second kappa shape index (κ2) is 8.30. The summed E-state index contributed by atoms with van der Waals surface area (Å²) in [6, 6.07) is 3.94. The zero-order valence-electron chi connectivity index (χ0n) is 11.9. The van der Waals surface area contributed by atoms with Gasteiger partial charge in [-0.05, 0) is 25.5 Å². The first-order chi connectivity index (χ1) is 9.54. The van der Waals surface area contributed by atoms with Crippen LogP contribution in [0.25, 0.3) is 0 Å². The fourth-order valence-corrected chi connectivity index (χ4v) is 1.67. The molecule has 0 saturated carbocycles. The molecule has 0 aliphatic heterocycles. The van der Waals surface area contributed by atoms with Crippen molar-refractivity contribution >= 4 is 11.7 Å². The number of carbonyl (C=O) groups is 2. The monoisotopic (exact) mass is 281 g/mol. The van der Waals surface area contributed by atoms with Crippen LogP contribution in [-0.2, 0) is 4.79 Å². The second-order valence-electron chi connectivity index (χ2n) is 4.54. The Morgan fingerprint density at radius 1 is 1.30 bits per heavy atom. The Bertz CT molecular complexity index is 474. The minimum absolute atomic E-state index is 0.0152. The Balaban J connectivity index is 2.40. The van der Waals surface area contributed by atoms with Crippen molar-refractivity contribution in [1.29, 1.82) is 0 Å². The predicted octanol–water partition coefficient (Wildman–Crippen LogP) is 2.71. The number of Topliss-reactive ketones (excluding diaryl/α,β-unsaturated/α-hetero) is 1. The van der Waals surface area contributed by atoms with E-state index >= 15 is 0 Å². The maximum Gasteiger partial charge on any atom is 0.257 e. The summed E-state index contributed by atoms with van der Waals surface area (Å²) in [5.41, 5.74) is 0.0152. The zero-order valence-corrected chi connectivity index (χ0v) is 11.9. The summed E-state index contributed by atoms with van der Waals surface area (Å²) in [7, 11) is 0. The summed E-state index contributed by atoms with van der Waals surface area (Å²) in [6.45, 7) is 3.84. The van der Waals surface area contributed by atoms with E-state index in [0.29, 0.717) is 6.54 Å². The molecule has 0 spiro atoms. The molecule has 0 radical (unpaired) electrons. The third-order valence-electron chi connectivity index (χ3n) is 2.79. The van der Waals surface area contributed by atoms with Gasteiger partial charge in [0.2, 0.25) is 0 Å². The van der Waals surface area contributed by atoms with Crippen molar-refractivity contribution in [3.05, 3.63) is 29.6 Å². The van der Waals surface area contributed by atoms with Gasteiger partial charge >= 0.3 is 0 Å². The summed E-state index contributed by atoms with van der Waals surface area (Å²) in [5, 5.41) is 2.72. The number of hydrogen-bond donors (Lipinski definition) is 1. The Hall–Kier alpha value is -1.91. The molecular formula is C15H20FNO3. The van der Waals surface area contributed by atoms with Crippen molar-refractivity contribution in [3.63, 3.8) is 0 Å². The van der Waals surface area contributed by atoms with E-state index < -0.39 is 5.82 Å². The molecule has 0 saturated heterocycles. The minimum atomic E-state index is -0.640. The van der Waals surface area contributed by atoms with Gasteiger partial charge in [-0.1, -0.05) is 19.8 Å². The molecule has 4 nitrogen and oxygen atoms in total. The number of ketones is 1. The Kier molecular flexibility index (Phi) is 6.70. The molecule has 0 atom stereocenters. The smallest absolute Gasteiger partial charge is 0.257 e. The SMILES string of the molecule is CCCCCNC(=O)COc1ccc(C(C)=O)c(F)c1. The van der Waals surface area contributed by atoms with E-state index in [1.54, 1.807) is 0 Å². The fraction of sp³-hybridized carbons (Fsp3) is 0.467. The first kappa shape index (κ1) is 16.1. The lowest BCUT2D eigenvalue weighted by Crippen LogP contribution is -2.29. The van der Waals surface area contributed by atoms with E-state index in [2.05, 4.69) is 12.2 Å². The molecule has 0 fully saturated rings. The Morgan fingerprint density at radius 2 is 2.05 bits per heavy atom. The molecule has 0 aliphatic carbocycles. The van der Waals surface area contributed by atoms with E-state index in [9.17, 15) is 14.0 Å². The van der Waals surface area contributed by atoms with Crippen LogP contribution in [0.5, 0.6) is 5.75 Å². The third-order valence-corrected chi connectivity index (χ3v) is 2.79. The first-order valence-corrected chi connectivity index (χ1v) is 6.74. The number of rotatable bonds is 8. The van der Waals surface area contributed by atoms with E-state index in [-0.39, 0.29) is 29.6 Å². The van der Waals surface area contributed by atoms with E-state index in [1.165, 1.54) is 19.1 Å². The summed E-state index contributed by atoms with van der Waals surface area (Å²) >= 11 is 0. The highest BCUT2D eigenvalue weighted by molar-refractivity contribution is 5.94. The van der Waals surface area contributed by atoms with Gasteiger partial charge in [0.25, 0.3) is 5.91 Å². The molecule has 110 valence electrons. The standard InChI is InChI=1S/C15H20FNO3/c1-3-4-5-8-17-15(19)10-20-12-6-7-13(11(2)18)14(16)9-12/h6-7,9H,3-5,8,10H2,1-2H3,(H,17,19). The van der Waals surface area contributed by atoms with Crippen LogP contribution in [-0.4, -0.2) is 24.8 Å². The molecule has 1 rings (SSSR count). The van der Waals surface area contributed by atoms with Gasteiger partial charge in [-0.3, -0.25) is 9.59 Å². The van der Waals surface area contributed by atoms with Crippen LogP contribution in [0.4, 0.5) is 4.39 Å². The largest absolute Gasteiger partial charge is 0.484 e. The van der Waals surface area contributed by atoms with Crippen molar-refractivity contribution in [2.75, 3.05) is 13.2 Å². The van der Waals surface area contributed by atoms with Crippen LogP contribution in [0.15, 0.2) is 18.2 Å². The van der Waals surface area contributed by atoms with Crippen molar-refractivity contribution in [3.8, 4) is 5.75 Å². The maximum absolute atomic E-state index is 13.5. The molecule has 20 heavy (non-hydrogen) atoms. The van der Waals surface area contributed by atoms with Crippen LogP contribution < -0.4 is 10.1 Å². The molecule has 1 aromatic carbocycles. The lowest BCUT2D eigenvalue weighted by Gasteiger charge is -2.08. The second-order valence-corrected chi connectivity index (χ2v) is 4.54. The highest BCUT2D eigenvalue weighted by atomic mass is 19.1. The Morgan fingerprint density at radius 3 is 2.65 bits per heavy atom. The number of carbonyl (C=O) groups excluding carboxylic acids is 2. The molecule has 1 aromatic rings. The highest BCUT2D eigenvalue weighted by Gasteiger charge is 2.09. The van der Waals surface area contributed by atoms with Crippen molar-refractivity contribution < 1.29 is 18.7 Å². The van der Waals surface area contributed by atoms with Crippen molar-refractivity contribution in [1.82, 2.24) is 5.32 Å². The highest BCUT2D eigenvalue weighted by Crippen LogP contribution is 2.16. The average molecular weight is 281 g/mol. The van der Waals surface area contributed by atoms with Crippen LogP contribution >= 0.6 is 0 Å². The molecule has 1 amide bonds. The number of hydrogen-bond acceptors (Lipinski definition) is 3. The predicted molar refractivity (Wildman–Crippen MR) is 74.4 cm³/mol. The van der Waals surface area contributed by atoms with Gasteiger partial charge in [-0.25, -0.2) is 4.39 Å². The molecule has 0 unspecified atom stereocenters. The van der Waals surface area contributed by atoms with Gasteiger partial charge in [0.05, 0.1) is 5.56 Å². The van der Waals surface area contributed by atoms with Gasteiger partial charge in [-0.2, -0.15) is 0 Å². The molecular weight excluding hydrogens is 261 g/mol. The summed E-state index contributed by atoms with van der Waals surface area (Å²) < 4.78 is 18.7. The summed E-state index contributed by atoms with van der Waals surface area (Å²) in [4.78, 5) is 22.5. The van der Waals surface area contributed by atoms with Gasteiger partial charge in [-0.15, -0.1) is 0 Å². The summed E-state index contributed by atoms with van der Waals surface area (Å²) in [6.07, 6.45) is 3.09. The summed E-state index contributed by atoms with van der Waals surface area (Å²) in [5.74, 6) is -0.991. The third kappa shape index (κ3) is 5.38. The van der Waals surface area contributed by atoms with Crippen molar-refractivity contribution in [2.45, 2.75) is 33.1 Å². The Labute approximate surface area is 118 Å². The maximum atomic E-state index is 13.5. The molecule has 0 aromatic heterocycles. The number of unbranched alkanes of at least 4 members (excludes halogenated alkanes) is 2. The minimum Gasteiger partial charge on any atom is -0.484 e. The van der Waals surface area contributed by atoms with Gasteiger partial charge in [0.15, 0.2) is 12.4 Å². The lowest BCUT2D eigenvalue weighted by atomic mass is 10.1. The molecule has 1 N–H and O–H groups in total. The first-order valence-electron chi connectivity index (χ1n) is 6.74. The zero-order chi connectivity index (χ0) is 15.0. The normalized spacial score (nSPS) is 10.2. The van der Waals surface area contributed by atoms with Crippen LogP contribution in [0.1, 0.15) is 43.5 Å². The number of ether oxygens (including phenoxy) is 1. The van der Waals surface area contributed by atoms with E-state index in [0.717, 1.165) is 25.3 Å². The van der Waals surface area contributed by atoms with Crippen molar-refractivity contribution in [2.24, 2.45) is 0 Å². The lowest BCUT2D eigenvalue weighted by molar-refractivity contribution is -0.123. The van der Waals surface area contributed by atoms with Crippen LogP contribution in [0.2, 0.25) is 0 Å². The quantitative estimate of drug-likeness (QED) is 0.589. The van der Waals surface area contributed by atoms with E-state index in [1.807, 2.05) is 0 Å². The van der Waals surface area contributed by atoms with Crippen LogP contribution in [0.3, 0.4) is 0 Å². The average Bonchev–Trinajstić information content (AvgIpc) is 2.41. The number of amides is 1. The number of halogens is 1. The molecule has 0 aliphatic rings. The van der Waals surface area contributed by atoms with Crippen LogP contribution in [0, 0.1) is 5.82 Å². The molecule has 0 bridgehead atoms. The topological polar surface area (TPSA) is 55.4 Å². The number of benzene rings is 1. The molecule has 0 heterocycles. The number of nitrogens with one attached hydrogen (secondary N) is 1. The van der Waals surface area contributed by atoms with Gasteiger partial charge in [0, 0.05) is 12.6 Å². The molecule has 5 heteroatoms. The fourth-order valence-electron chi connectivity index (χ4n) is 1.67. The van der Waals surface area contributed by atoms with Gasteiger partial charge in [0.1, 0.15) is 11.6 Å². The van der Waals surface area contributed by atoms with E-state index in [4.69, 9.17) is 4.74 Å². The van der Waals surface area contributed by atoms with Gasteiger partial charge < -0.3 is 10.1 Å².